The van der Waals surface area contributed by atoms with E-state index in [0.717, 1.165) is 32.9 Å². The molecule has 0 saturated carbocycles. The lowest BCUT2D eigenvalue weighted by atomic mass is 10.1. The summed E-state index contributed by atoms with van der Waals surface area (Å²) in [6.45, 7) is 3.80. The van der Waals surface area contributed by atoms with Crippen molar-refractivity contribution < 1.29 is 9.21 Å². The van der Waals surface area contributed by atoms with Gasteiger partial charge in [-0.3, -0.25) is 14.9 Å². The van der Waals surface area contributed by atoms with Crippen LogP contribution in [0.15, 0.2) is 39.5 Å². The Hall–Kier alpha value is -2.55. The summed E-state index contributed by atoms with van der Waals surface area (Å²) in [5.41, 5.74) is 0.724. The molecule has 0 spiro atoms. The molecule has 1 aromatic carbocycles. The average molecular weight is 418 g/mol. The van der Waals surface area contributed by atoms with Crippen LogP contribution >= 0.6 is 34.5 Å². The number of aryl methyl sites for hydroxylation is 2. The number of carbonyl (C=O) groups excluding carboxylic acids is 1. The van der Waals surface area contributed by atoms with Crippen molar-refractivity contribution >= 4 is 56.5 Å². The monoisotopic (exact) mass is 417 g/mol. The van der Waals surface area contributed by atoms with Crippen molar-refractivity contribution in [1.82, 2.24) is 9.36 Å². The molecule has 0 aliphatic rings. The number of hydrogen-bond donors (Lipinski definition) is 1. The Balaban J connectivity index is 1.62. The zero-order chi connectivity index (χ0) is 19.1. The van der Waals surface area contributed by atoms with E-state index in [1.54, 1.807) is 30.4 Å². The Kier molecular flexibility index (Phi) is 4.55. The summed E-state index contributed by atoms with van der Waals surface area (Å²) >= 11 is 8.69. The molecular formula is C18H12ClN3O3S2. The van der Waals surface area contributed by atoms with Crippen LogP contribution in [0.2, 0.25) is 5.02 Å². The van der Waals surface area contributed by atoms with E-state index in [2.05, 4.69) is 14.7 Å². The molecule has 0 unspecified atom stereocenters. The molecule has 6 nitrogen and oxygen atoms in total. The summed E-state index contributed by atoms with van der Waals surface area (Å²) in [7, 11) is 0. The molecule has 0 aliphatic heterocycles. The summed E-state index contributed by atoms with van der Waals surface area (Å²) < 4.78 is 9.85. The van der Waals surface area contributed by atoms with E-state index in [0.29, 0.717) is 26.9 Å². The first-order chi connectivity index (χ1) is 12.9. The van der Waals surface area contributed by atoms with Gasteiger partial charge in [-0.1, -0.05) is 11.6 Å². The number of nitrogens with zero attached hydrogens (tertiary/aromatic N) is 2. The third kappa shape index (κ3) is 3.51. The van der Waals surface area contributed by atoms with Gasteiger partial charge in [0.2, 0.25) is 5.13 Å². The predicted octanol–water partition coefficient (Wildman–Crippen LogP) is 4.90. The molecule has 0 aliphatic carbocycles. The quantitative estimate of drug-likeness (QED) is 0.512. The smallest absolute Gasteiger partial charge is 0.293 e. The molecule has 3 aromatic heterocycles. The maximum Gasteiger partial charge on any atom is 0.293 e. The third-order valence-corrected chi connectivity index (χ3v) is 5.87. The van der Waals surface area contributed by atoms with Crippen molar-refractivity contribution in [3.8, 4) is 10.7 Å². The fourth-order valence-corrected chi connectivity index (χ4v) is 4.08. The lowest BCUT2D eigenvalue weighted by Crippen LogP contribution is -2.15. The van der Waals surface area contributed by atoms with Crippen LogP contribution in [0.25, 0.3) is 21.7 Å². The molecule has 27 heavy (non-hydrogen) atoms. The predicted molar refractivity (Wildman–Crippen MR) is 108 cm³/mol. The topological polar surface area (TPSA) is 85.1 Å². The number of aromatic nitrogens is 2. The summed E-state index contributed by atoms with van der Waals surface area (Å²) in [4.78, 5) is 31.2. The van der Waals surface area contributed by atoms with Crippen LogP contribution in [0.5, 0.6) is 0 Å². The molecule has 0 saturated heterocycles. The standard InChI is InChI=1S/C18H12ClN3O3S2/c1-8-5-13-10(6-11(8)19)12(23)7-14(25-13)17(24)21-18-20-16(22-27-18)15-4-3-9(2)26-15/h3-7H,1-2H3,(H,20,21,22,24). The van der Waals surface area contributed by atoms with Crippen molar-refractivity contribution in [3.63, 3.8) is 0 Å². The molecule has 3 heterocycles. The Labute approximate surface area is 166 Å². The minimum atomic E-state index is -0.563. The fourth-order valence-electron chi connectivity index (χ4n) is 2.48. The number of rotatable bonds is 3. The van der Waals surface area contributed by atoms with E-state index in [1.165, 1.54) is 0 Å². The van der Waals surface area contributed by atoms with E-state index in [1.807, 2.05) is 19.1 Å². The van der Waals surface area contributed by atoms with Gasteiger partial charge in [0, 0.05) is 27.5 Å². The maximum atomic E-state index is 12.5. The highest BCUT2D eigenvalue weighted by atomic mass is 35.5. The van der Waals surface area contributed by atoms with Gasteiger partial charge in [-0.25, -0.2) is 0 Å². The Morgan fingerprint density at radius 2 is 2.04 bits per heavy atom. The summed E-state index contributed by atoms with van der Waals surface area (Å²) in [5.74, 6) is -0.108. The zero-order valence-corrected chi connectivity index (χ0v) is 16.6. The Morgan fingerprint density at radius 1 is 1.22 bits per heavy atom. The largest absolute Gasteiger partial charge is 0.451 e. The van der Waals surface area contributed by atoms with E-state index < -0.39 is 5.91 Å². The second kappa shape index (κ2) is 6.88. The number of halogens is 1. The Morgan fingerprint density at radius 3 is 2.78 bits per heavy atom. The van der Waals surface area contributed by atoms with Gasteiger partial charge in [0.15, 0.2) is 17.0 Å². The van der Waals surface area contributed by atoms with Crippen LogP contribution in [0, 0.1) is 13.8 Å². The van der Waals surface area contributed by atoms with Crippen LogP contribution in [0.3, 0.4) is 0 Å². The van der Waals surface area contributed by atoms with Gasteiger partial charge in [0.05, 0.1) is 10.3 Å². The SMILES string of the molecule is Cc1ccc(-c2nsc(NC(=O)c3cc(=O)c4cc(Cl)c(C)cc4o3)n2)s1. The van der Waals surface area contributed by atoms with Crippen LogP contribution in [0.1, 0.15) is 21.0 Å². The van der Waals surface area contributed by atoms with Gasteiger partial charge < -0.3 is 4.42 Å². The van der Waals surface area contributed by atoms with Crippen LogP contribution in [-0.4, -0.2) is 15.3 Å². The van der Waals surface area contributed by atoms with Crippen molar-refractivity contribution in [1.29, 1.82) is 0 Å². The second-order valence-corrected chi connectivity index (χ2v) is 8.31. The van der Waals surface area contributed by atoms with E-state index in [4.69, 9.17) is 16.0 Å². The first kappa shape index (κ1) is 17.8. The van der Waals surface area contributed by atoms with Gasteiger partial charge in [-0.2, -0.15) is 9.36 Å². The highest BCUT2D eigenvalue weighted by molar-refractivity contribution is 7.15. The Bertz CT molecular complexity index is 1240. The number of thiophene rings is 1. The minimum absolute atomic E-state index is 0.0991. The second-order valence-electron chi connectivity index (χ2n) is 5.86. The molecule has 1 N–H and O–H groups in total. The van der Waals surface area contributed by atoms with Gasteiger partial charge >= 0.3 is 0 Å². The normalized spacial score (nSPS) is 11.1. The molecule has 0 radical (unpaired) electrons. The number of fused-ring (bicyclic) bond motifs is 1. The third-order valence-electron chi connectivity index (χ3n) is 3.84. The molecule has 4 aromatic rings. The molecule has 136 valence electrons. The molecule has 0 bridgehead atoms. The molecule has 0 fully saturated rings. The molecule has 9 heteroatoms. The number of benzene rings is 1. The summed E-state index contributed by atoms with van der Waals surface area (Å²) in [6, 6.07) is 8.24. The molecule has 1 amide bonds. The molecule has 0 atom stereocenters. The first-order valence-electron chi connectivity index (χ1n) is 7.86. The van der Waals surface area contributed by atoms with Gasteiger partial charge in [0.25, 0.3) is 5.91 Å². The zero-order valence-electron chi connectivity index (χ0n) is 14.2. The van der Waals surface area contributed by atoms with E-state index in [-0.39, 0.29) is 11.2 Å². The average Bonchev–Trinajstić information content (AvgIpc) is 3.25. The highest BCUT2D eigenvalue weighted by Gasteiger charge is 2.16. The van der Waals surface area contributed by atoms with Gasteiger partial charge in [-0.05, 0) is 43.7 Å². The van der Waals surface area contributed by atoms with Gasteiger partial charge in [-0.15, -0.1) is 11.3 Å². The van der Waals surface area contributed by atoms with Crippen molar-refractivity contribution in [2.45, 2.75) is 13.8 Å². The van der Waals surface area contributed by atoms with Crippen molar-refractivity contribution in [2.24, 2.45) is 0 Å². The number of anilines is 1. The van der Waals surface area contributed by atoms with Crippen LogP contribution in [0.4, 0.5) is 5.13 Å². The van der Waals surface area contributed by atoms with Crippen LogP contribution in [-0.2, 0) is 0 Å². The maximum absolute atomic E-state index is 12.5. The lowest BCUT2D eigenvalue weighted by molar-refractivity contribution is 0.0997. The van der Waals surface area contributed by atoms with Crippen LogP contribution < -0.4 is 10.7 Å². The number of nitrogens with one attached hydrogen (secondary N) is 1. The number of carbonyl (C=O) groups is 1. The molecular weight excluding hydrogens is 406 g/mol. The summed E-state index contributed by atoms with van der Waals surface area (Å²) in [6.07, 6.45) is 0. The number of amides is 1. The van der Waals surface area contributed by atoms with Crippen molar-refractivity contribution in [3.05, 3.63) is 61.8 Å². The fraction of sp³-hybridized carbons (Fsp3) is 0.111. The first-order valence-corrected chi connectivity index (χ1v) is 9.83. The summed E-state index contributed by atoms with van der Waals surface area (Å²) in [5, 5.41) is 3.75. The van der Waals surface area contributed by atoms with E-state index >= 15 is 0 Å². The van der Waals surface area contributed by atoms with Gasteiger partial charge in [0.1, 0.15) is 5.58 Å². The lowest BCUT2D eigenvalue weighted by Gasteiger charge is -2.04. The van der Waals surface area contributed by atoms with Crippen molar-refractivity contribution in [2.75, 3.05) is 5.32 Å². The minimum Gasteiger partial charge on any atom is -0.451 e. The highest BCUT2D eigenvalue weighted by Crippen LogP contribution is 2.28. The van der Waals surface area contributed by atoms with E-state index in [9.17, 15) is 9.59 Å². The number of hydrogen-bond acceptors (Lipinski definition) is 7. The molecule has 4 rings (SSSR count).